The summed E-state index contributed by atoms with van der Waals surface area (Å²) in [6, 6.07) is 6.78. The highest BCUT2D eigenvalue weighted by Crippen LogP contribution is 2.20. The van der Waals surface area contributed by atoms with Gasteiger partial charge in [-0.05, 0) is 47.1 Å². The Morgan fingerprint density at radius 2 is 2.13 bits per heavy atom. The maximum atomic E-state index is 11.7. The third-order valence-electron chi connectivity index (χ3n) is 3.15. The first-order valence-corrected chi connectivity index (χ1v) is 9.72. The SMILES string of the molecule is C[C@H](CO)NC1=C(Br)C=NCN1Nc1ccc(S(C)(=N)=O)cc1. The fourth-order valence-electron chi connectivity index (χ4n) is 1.93. The number of nitrogens with one attached hydrogen (secondary N) is 3. The summed E-state index contributed by atoms with van der Waals surface area (Å²) in [4.78, 5) is 4.72. The minimum atomic E-state index is -2.71. The number of allylic oxidation sites excluding steroid dienone is 1. The van der Waals surface area contributed by atoms with E-state index in [4.69, 9.17) is 4.78 Å². The Bertz CT molecular complexity index is 715. The Balaban J connectivity index is 2.16. The van der Waals surface area contributed by atoms with Crippen LogP contribution in [0.2, 0.25) is 0 Å². The summed E-state index contributed by atoms with van der Waals surface area (Å²) >= 11 is 3.45. The van der Waals surface area contributed by atoms with Gasteiger partial charge in [0.25, 0.3) is 0 Å². The highest BCUT2D eigenvalue weighted by Gasteiger charge is 2.18. The van der Waals surface area contributed by atoms with Crippen LogP contribution in [-0.4, -0.2) is 46.1 Å². The summed E-state index contributed by atoms with van der Waals surface area (Å²) in [6.45, 7) is 2.29. The van der Waals surface area contributed by atoms with E-state index in [9.17, 15) is 9.32 Å². The Labute approximate surface area is 144 Å². The van der Waals surface area contributed by atoms with E-state index in [1.54, 1.807) is 35.5 Å². The number of aliphatic hydroxyl groups excluding tert-OH is 1. The number of rotatable bonds is 6. The second-order valence-corrected chi connectivity index (χ2v) is 8.30. The molecule has 9 heteroatoms. The topological polar surface area (TPSA) is 101 Å². The molecule has 1 heterocycles. The van der Waals surface area contributed by atoms with E-state index >= 15 is 0 Å². The van der Waals surface area contributed by atoms with Crippen LogP contribution in [0.3, 0.4) is 0 Å². The van der Waals surface area contributed by atoms with Crippen molar-refractivity contribution in [1.82, 2.24) is 10.3 Å². The zero-order chi connectivity index (χ0) is 17.0. The second-order valence-electron chi connectivity index (χ2n) is 5.29. The van der Waals surface area contributed by atoms with Crippen molar-refractivity contribution in [1.29, 1.82) is 4.78 Å². The van der Waals surface area contributed by atoms with Gasteiger partial charge >= 0.3 is 0 Å². The van der Waals surface area contributed by atoms with Gasteiger partial charge in [-0.2, -0.15) is 0 Å². The lowest BCUT2D eigenvalue weighted by atomic mass is 10.3. The molecule has 0 radical (unpaired) electrons. The number of anilines is 1. The van der Waals surface area contributed by atoms with Crippen molar-refractivity contribution in [2.75, 3.05) is 25.0 Å². The molecule has 23 heavy (non-hydrogen) atoms. The lowest BCUT2D eigenvalue weighted by Gasteiger charge is -2.32. The summed E-state index contributed by atoms with van der Waals surface area (Å²) in [5.74, 6) is 0.769. The smallest absolute Gasteiger partial charge is 0.138 e. The van der Waals surface area contributed by atoms with E-state index in [1.807, 2.05) is 6.92 Å². The first-order valence-electron chi connectivity index (χ1n) is 6.96. The van der Waals surface area contributed by atoms with Gasteiger partial charge in [0.05, 0.1) is 26.5 Å². The quantitative estimate of drug-likeness (QED) is 0.583. The normalized spacial score (nSPS) is 18.5. The van der Waals surface area contributed by atoms with Crippen LogP contribution in [-0.2, 0) is 9.73 Å². The van der Waals surface area contributed by atoms with Gasteiger partial charge in [0.2, 0.25) is 0 Å². The molecule has 0 amide bonds. The molecule has 1 aliphatic rings. The molecule has 1 unspecified atom stereocenters. The molecule has 0 spiro atoms. The molecule has 0 saturated carbocycles. The average Bonchev–Trinajstić information content (AvgIpc) is 2.50. The molecule has 0 bridgehead atoms. The fourth-order valence-corrected chi connectivity index (χ4v) is 3.05. The molecule has 1 aromatic rings. The van der Waals surface area contributed by atoms with Crippen LogP contribution in [0.25, 0.3) is 0 Å². The first-order chi connectivity index (χ1) is 10.8. The van der Waals surface area contributed by atoms with E-state index in [-0.39, 0.29) is 12.6 Å². The summed E-state index contributed by atoms with van der Waals surface area (Å²) < 4.78 is 20.1. The molecule has 0 aromatic heterocycles. The van der Waals surface area contributed by atoms with Crippen molar-refractivity contribution in [3.63, 3.8) is 0 Å². The molecule has 2 rings (SSSR count). The Morgan fingerprint density at radius 1 is 1.48 bits per heavy atom. The summed E-state index contributed by atoms with van der Waals surface area (Å²) in [6.07, 6.45) is 3.10. The van der Waals surface area contributed by atoms with E-state index in [1.165, 1.54) is 6.26 Å². The molecule has 126 valence electrons. The van der Waals surface area contributed by atoms with Crippen molar-refractivity contribution in [2.45, 2.75) is 17.9 Å². The molecule has 4 N–H and O–H groups in total. The zero-order valence-electron chi connectivity index (χ0n) is 12.9. The van der Waals surface area contributed by atoms with Gasteiger partial charge in [0, 0.05) is 23.4 Å². The van der Waals surface area contributed by atoms with Crippen molar-refractivity contribution in [3.8, 4) is 0 Å². The van der Waals surface area contributed by atoms with E-state index < -0.39 is 9.73 Å². The van der Waals surface area contributed by atoms with Crippen molar-refractivity contribution in [3.05, 3.63) is 34.6 Å². The lowest BCUT2D eigenvalue weighted by Crippen LogP contribution is -2.43. The van der Waals surface area contributed by atoms with Crippen LogP contribution < -0.4 is 10.7 Å². The predicted octanol–water partition coefficient (Wildman–Crippen LogP) is 1.93. The minimum Gasteiger partial charge on any atom is -0.394 e. The van der Waals surface area contributed by atoms with Crippen LogP contribution >= 0.6 is 15.9 Å². The van der Waals surface area contributed by atoms with Crippen LogP contribution in [0.4, 0.5) is 5.69 Å². The molecule has 7 nitrogen and oxygen atoms in total. The monoisotopic (exact) mass is 401 g/mol. The predicted molar refractivity (Wildman–Crippen MR) is 96.0 cm³/mol. The number of hydrogen-bond donors (Lipinski definition) is 4. The molecule has 0 fully saturated rings. The molecule has 1 aromatic carbocycles. The second kappa shape index (κ2) is 7.33. The van der Waals surface area contributed by atoms with Crippen molar-refractivity contribution in [2.24, 2.45) is 4.99 Å². The standard InChI is InChI=1S/C14H20BrN5O2S/c1-10(8-21)18-14-13(15)7-17-9-20(14)19-11-3-5-12(6-4-11)23(2,16)22/h3-7,10,16,18-19,21H,8-9H2,1-2H3/t10-,23?/m1/s1. The maximum Gasteiger partial charge on any atom is 0.138 e. The number of benzene rings is 1. The highest BCUT2D eigenvalue weighted by molar-refractivity contribution is 9.12. The van der Waals surface area contributed by atoms with Crippen molar-refractivity contribution >= 4 is 37.6 Å². The van der Waals surface area contributed by atoms with Gasteiger partial charge in [0.1, 0.15) is 12.5 Å². The molecule has 1 aliphatic heterocycles. The summed E-state index contributed by atoms with van der Waals surface area (Å²) in [5, 5.41) is 14.2. The average molecular weight is 402 g/mol. The van der Waals surface area contributed by atoms with Crippen LogP contribution in [0.1, 0.15) is 6.92 Å². The van der Waals surface area contributed by atoms with E-state index in [0.717, 1.165) is 16.0 Å². The van der Waals surface area contributed by atoms with Crippen LogP contribution in [0.15, 0.2) is 44.5 Å². The van der Waals surface area contributed by atoms with Gasteiger partial charge in [0.15, 0.2) is 0 Å². The minimum absolute atomic E-state index is 0.0117. The zero-order valence-corrected chi connectivity index (χ0v) is 15.3. The highest BCUT2D eigenvalue weighted by atomic mass is 79.9. The van der Waals surface area contributed by atoms with Gasteiger partial charge in [-0.25, -0.2) is 14.0 Å². The van der Waals surface area contributed by atoms with Gasteiger partial charge < -0.3 is 10.4 Å². The van der Waals surface area contributed by atoms with Crippen LogP contribution in [0.5, 0.6) is 0 Å². The molecule has 0 aliphatic carbocycles. The molecule has 2 atom stereocenters. The number of aliphatic imine (C=N–C) groups is 1. The fraction of sp³-hybridized carbons (Fsp3) is 0.357. The van der Waals surface area contributed by atoms with Crippen molar-refractivity contribution < 1.29 is 9.32 Å². The van der Waals surface area contributed by atoms with Gasteiger partial charge in [-0.1, -0.05) is 0 Å². The number of halogens is 1. The van der Waals surface area contributed by atoms with E-state index in [0.29, 0.717) is 11.6 Å². The molecular weight excluding hydrogens is 382 g/mol. The van der Waals surface area contributed by atoms with Gasteiger partial charge in [-0.15, -0.1) is 0 Å². The Kier molecular flexibility index (Phi) is 5.66. The third-order valence-corrected chi connectivity index (χ3v) is 4.90. The Hall–Kier alpha value is -1.58. The number of nitrogens with zero attached hydrogens (tertiary/aromatic N) is 2. The number of hydrogen-bond acceptors (Lipinski definition) is 7. The van der Waals surface area contributed by atoms with Crippen LogP contribution in [0, 0.1) is 4.78 Å². The first kappa shape index (κ1) is 17.8. The number of aliphatic hydroxyl groups is 1. The summed E-state index contributed by atoms with van der Waals surface area (Å²) in [5.41, 5.74) is 3.99. The number of hydrazine groups is 1. The largest absolute Gasteiger partial charge is 0.394 e. The lowest BCUT2D eigenvalue weighted by molar-refractivity contribution is 0.246. The Morgan fingerprint density at radius 3 is 2.70 bits per heavy atom. The summed E-state index contributed by atoms with van der Waals surface area (Å²) in [7, 11) is -2.71. The molecule has 0 saturated heterocycles. The van der Waals surface area contributed by atoms with E-state index in [2.05, 4.69) is 31.7 Å². The molecular formula is C14H20BrN5O2S. The maximum absolute atomic E-state index is 11.7. The third kappa shape index (κ3) is 4.69. The van der Waals surface area contributed by atoms with Gasteiger partial charge in [-0.3, -0.25) is 10.4 Å².